The molecule has 3 nitrogen and oxygen atoms in total. The van der Waals surface area contributed by atoms with Crippen LogP contribution in [0.2, 0.25) is 5.02 Å². The van der Waals surface area contributed by atoms with Crippen LogP contribution < -0.4 is 5.32 Å². The van der Waals surface area contributed by atoms with Crippen molar-refractivity contribution in [3.05, 3.63) is 40.4 Å². The van der Waals surface area contributed by atoms with Crippen molar-refractivity contribution >= 4 is 23.3 Å². The van der Waals surface area contributed by atoms with Gasteiger partial charge in [-0.1, -0.05) is 30.2 Å². The molecular formula is C17H22ClNO2. The van der Waals surface area contributed by atoms with E-state index in [1.165, 1.54) is 19.1 Å². The van der Waals surface area contributed by atoms with Gasteiger partial charge in [-0.3, -0.25) is 0 Å². The van der Waals surface area contributed by atoms with Crippen molar-refractivity contribution in [2.75, 3.05) is 19.0 Å². The molecule has 1 aromatic carbocycles. The zero-order chi connectivity index (χ0) is 15.4. The van der Waals surface area contributed by atoms with E-state index >= 15 is 0 Å². The minimum Gasteiger partial charge on any atom is -0.465 e. The van der Waals surface area contributed by atoms with E-state index in [4.69, 9.17) is 16.3 Å². The van der Waals surface area contributed by atoms with Crippen LogP contribution in [0.4, 0.5) is 5.69 Å². The molecule has 2 atom stereocenters. The molecule has 0 heterocycles. The molecule has 2 rings (SSSR count). The van der Waals surface area contributed by atoms with Crippen LogP contribution >= 0.6 is 11.6 Å². The van der Waals surface area contributed by atoms with Gasteiger partial charge in [-0.2, -0.15) is 0 Å². The molecule has 21 heavy (non-hydrogen) atoms. The lowest BCUT2D eigenvalue weighted by Crippen LogP contribution is -2.20. The number of hydrogen-bond acceptors (Lipinski definition) is 3. The Kier molecular flexibility index (Phi) is 5.29. The van der Waals surface area contributed by atoms with Gasteiger partial charge in [-0.15, -0.1) is 0 Å². The van der Waals surface area contributed by atoms with Crippen molar-refractivity contribution in [1.82, 2.24) is 0 Å². The highest BCUT2D eigenvalue weighted by Crippen LogP contribution is 2.28. The maximum absolute atomic E-state index is 11.6. The standard InChI is InChI=1S/C17H22ClNO2/c1-11-6-12(2)8-13(7-11)10-19-14-4-5-16(18)15(9-14)17(20)21-3/h4-6,9,11,13,19H,7-8,10H2,1-3H3. The van der Waals surface area contributed by atoms with Gasteiger partial charge in [-0.25, -0.2) is 4.79 Å². The average Bonchev–Trinajstić information content (AvgIpc) is 2.44. The van der Waals surface area contributed by atoms with Gasteiger partial charge in [0.25, 0.3) is 0 Å². The predicted molar refractivity (Wildman–Crippen MR) is 86.9 cm³/mol. The normalized spacial score (nSPS) is 21.6. The summed E-state index contributed by atoms with van der Waals surface area (Å²) < 4.78 is 4.74. The molecule has 1 N–H and O–H groups in total. The summed E-state index contributed by atoms with van der Waals surface area (Å²) in [6, 6.07) is 5.37. The highest BCUT2D eigenvalue weighted by atomic mass is 35.5. The Morgan fingerprint density at radius 3 is 2.90 bits per heavy atom. The van der Waals surface area contributed by atoms with E-state index in [1.54, 1.807) is 12.1 Å². The fraction of sp³-hybridized carbons (Fsp3) is 0.471. The average molecular weight is 308 g/mol. The van der Waals surface area contributed by atoms with Crippen LogP contribution in [0.25, 0.3) is 0 Å². The topological polar surface area (TPSA) is 38.3 Å². The molecule has 0 spiro atoms. The maximum Gasteiger partial charge on any atom is 0.339 e. The number of carbonyl (C=O) groups is 1. The van der Waals surface area contributed by atoms with Crippen LogP contribution in [0.3, 0.4) is 0 Å². The summed E-state index contributed by atoms with van der Waals surface area (Å²) in [6.45, 7) is 5.35. The minimum absolute atomic E-state index is 0.400. The van der Waals surface area contributed by atoms with Crippen LogP contribution in [-0.4, -0.2) is 19.6 Å². The van der Waals surface area contributed by atoms with E-state index in [9.17, 15) is 4.79 Å². The van der Waals surface area contributed by atoms with E-state index in [2.05, 4.69) is 25.2 Å². The van der Waals surface area contributed by atoms with Crippen molar-refractivity contribution in [3.63, 3.8) is 0 Å². The van der Waals surface area contributed by atoms with Crippen molar-refractivity contribution < 1.29 is 9.53 Å². The number of halogens is 1. The number of methoxy groups -OCH3 is 1. The minimum atomic E-state index is -0.409. The first kappa shape index (κ1) is 15.9. The Morgan fingerprint density at radius 2 is 2.24 bits per heavy atom. The monoisotopic (exact) mass is 307 g/mol. The van der Waals surface area contributed by atoms with Crippen LogP contribution in [0.15, 0.2) is 29.8 Å². The van der Waals surface area contributed by atoms with E-state index < -0.39 is 5.97 Å². The molecule has 2 unspecified atom stereocenters. The molecule has 0 aliphatic heterocycles. The Bertz CT molecular complexity index is 554. The van der Waals surface area contributed by atoms with Crippen molar-refractivity contribution in [3.8, 4) is 0 Å². The summed E-state index contributed by atoms with van der Waals surface area (Å²) in [5, 5.41) is 3.82. The van der Waals surface area contributed by atoms with Gasteiger partial charge in [0, 0.05) is 12.2 Å². The number of anilines is 1. The first-order valence-corrected chi connectivity index (χ1v) is 7.66. The molecule has 0 aromatic heterocycles. The van der Waals surface area contributed by atoms with E-state index in [-0.39, 0.29) is 0 Å². The quantitative estimate of drug-likeness (QED) is 0.656. The molecular weight excluding hydrogens is 286 g/mol. The summed E-state index contributed by atoms with van der Waals surface area (Å²) in [6.07, 6.45) is 4.69. The summed E-state index contributed by atoms with van der Waals surface area (Å²) in [5.74, 6) is 0.859. The zero-order valence-electron chi connectivity index (χ0n) is 12.8. The highest BCUT2D eigenvalue weighted by Gasteiger charge is 2.18. The fourth-order valence-corrected chi connectivity index (χ4v) is 3.20. The fourth-order valence-electron chi connectivity index (χ4n) is 3.01. The van der Waals surface area contributed by atoms with Crippen molar-refractivity contribution in [2.24, 2.45) is 11.8 Å². The molecule has 0 amide bonds. The van der Waals surface area contributed by atoms with Gasteiger partial charge < -0.3 is 10.1 Å². The number of carbonyl (C=O) groups excluding carboxylic acids is 1. The van der Waals surface area contributed by atoms with Crippen LogP contribution in [0.5, 0.6) is 0 Å². The van der Waals surface area contributed by atoms with Gasteiger partial charge in [0.2, 0.25) is 0 Å². The van der Waals surface area contributed by atoms with Crippen LogP contribution in [0.1, 0.15) is 37.0 Å². The lowest BCUT2D eigenvalue weighted by Gasteiger charge is -2.26. The summed E-state index contributed by atoms with van der Waals surface area (Å²) in [4.78, 5) is 11.6. The van der Waals surface area contributed by atoms with E-state index in [1.807, 2.05) is 6.07 Å². The lowest BCUT2D eigenvalue weighted by molar-refractivity contribution is 0.0601. The summed E-state index contributed by atoms with van der Waals surface area (Å²) in [7, 11) is 1.36. The lowest BCUT2D eigenvalue weighted by atomic mass is 9.84. The van der Waals surface area contributed by atoms with Crippen LogP contribution in [-0.2, 0) is 4.74 Å². The SMILES string of the molecule is COC(=O)c1cc(NCC2CC(C)=CC(C)C2)ccc1Cl. The third-order valence-electron chi connectivity index (χ3n) is 3.85. The maximum atomic E-state index is 11.6. The molecule has 0 saturated carbocycles. The third-order valence-corrected chi connectivity index (χ3v) is 4.18. The second-order valence-electron chi connectivity index (χ2n) is 5.86. The number of hydrogen-bond donors (Lipinski definition) is 1. The predicted octanol–water partition coefficient (Wildman–Crippen LogP) is 4.53. The van der Waals surface area contributed by atoms with E-state index in [0.717, 1.165) is 18.7 Å². The van der Waals surface area contributed by atoms with Gasteiger partial charge in [0.15, 0.2) is 0 Å². The second kappa shape index (κ2) is 6.99. The molecule has 0 fully saturated rings. The zero-order valence-corrected chi connectivity index (χ0v) is 13.5. The molecule has 0 bridgehead atoms. The molecule has 114 valence electrons. The molecule has 0 saturated heterocycles. The number of rotatable bonds is 4. The van der Waals surface area contributed by atoms with Gasteiger partial charge >= 0.3 is 5.97 Å². The van der Waals surface area contributed by atoms with Crippen molar-refractivity contribution in [2.45, 2.75) is 26.7 Å². The van der Waals surface area contributed by atoms with Crippen molar-refractivity contribution in [1.29, 1.82) is 0 Å². The summed E-state index contributed by atoms with van der Waals surface area (Å²) in [5.41, 5.74) is 2.77. The number of ether oxygens (including phenoxy) is 1. The Morgan fingerprint density at radius 1 is 1.48 bits per heavy atom. The highest BCUT2D eigenvalue weighted by molar-refractivity contribution is 6.33. The van der Waals surface area contributed by atoms with Gasteiger partial charge in [0.05, 0.1) is 17.7 Å². The number of benzene rings is 1. The smallest absolute Gasteiger partial charge is 0.339 e. The Hall–Kier alpha value is -1.48. The van der Waals surface area contributed by atoms with E-state index in [0.29, 0.717) is 22.4 Å². The van der Waals surface area contributed by atoms with Gasteiger partial charge in [0.1, 0.15) is 0 Å². The Balaban J connectivity index is 2.01. The molecule has 0 radical (unpaired) electrons. The molecule has 1 aromatic rings. The largest absolute Gasteiger partial charge is 0.465 e. The molecule has 1 aliphatic carbocycles. The number of nitrogens with one attached hydrogen (secondary N) is 1. The first-order valence-electron chi connectivity index (χ1n) is 7.28. The second-order valence-corrected chi connectivity index (χ2v) is 6.27. The summed E-state index contributed by atoms with van der Waals surface area (Å²) >= 11 is 6.02. The molecule has 1 aliphatic rings. The van der Waals surface area contributed by atoms with Crippen LogP contribution in [0, 0.1) is 11.8 Å². The third kappa shape index (κ3) is 4.24. The number of esters is 1. The van der Waals surface area contributed by atoms with Gasteiger partial charge in [-0.05, 0) is 49.8 Å². The number of allylic oxidation sites excluding steroid dienone is 2. The molecule has 4 heteroatoms. The first-order chi connectivity index (χ1) is 9.99. The Labute approximate surface area is 131 Å².